The number of ketones is 1. The normalized spacial score (nSPS) is 14.2. The van der Waals surface area contributed by atoms with Crippen molar-refractivity contribution < 1.29 is 19.5 Å². The van der Waals surface area contributed by atoms with E-state index in [-0.39, 0.29) is 23.5 Å². The van der Waals surface area contributed by atoms with E-state index in [1.54, 1.807) is 6.20 Å². The summed E-state index contributed by atoms with van der Waals surface area (Å²) < 4.78 is 6.10. The number of aromatic nitrogens is 2. The minimum absolute atomic E-state index is 0.0347. The summed E-state index contributed by atoms with van der Waals surface area (Å²) in [6, 6.07) is 26.4. The van der Waals surface area contributed by atoms with Crippen LogP contribution in [0.2, 0.25) is 5.02 Å². The molecule has 0 bridgehead atoms. The highest BCUT2D eigenvalue weighted by Crippen LogP contribution is 2.39. The van der Waals surface area contributed by atoms with Gasteiger partial charge in [0.2, 0.25) is 11.9 Å². The van der Waals surface area contributed by atoms with Crippen molar-refractivity contribution in [3.05, 3.63) is 130 Å². The number of halogens is 1. The molecule has 0 saturated carbocycles. The smallest absolute Gasteiger partial charge is 0.239 e. The average molecular weight is 915 g/mol. The Labute approximate surface area is 397 Å². The summed E-state index contributed by atoms with van der Waals surface area (Å²) in [6.07, 6.45) is 9.05. The van der Waals surface area contributed by atoms with E-state index in [0.29, 0.717) is 35.4 Å². The zero-order valence-electron chi connectivity index (χ0n) is 40.4. The van der Waals surface area contributed by atoms with Gasteiger partial charge in [0.1, 0.15) is 6.07 Å². The Balaban J connectivity index is 0.000000764. The van der Waals surface area contributed by atoms with E-state index < -0.39 is 5.41 Å². The molecule has 1 saturated heterocycles. The molecule has 4 N–H and O–H groups in total. The van der Waals surface area contributed by atoms with Crippen LogP contribution < -0.4 is 20.8 Å². The number of hydroxylamine groups is 1. The molecule has 5 aromatic rings. The lowest BCUT2D eigenvalue weighted by atomic mass is 9.77. The molecule has 350 valence electrons. The van der Waals surface area contributed by atoms with E-state index in [2.05, 4.69) is 96.7 Å². The Morgan fingerprint density at radius 1 is 1.08 bits per heavy atom. The number of fused-ring (bicyclic) bond motifs is 1. The van der Waals surface area contributed by atoms with Crippen molar-refractivity contribution in [1.82, 2.24) is 20.5 Å². The maximum Gasteiger partial charge on any atom is 0.239 e. The van der Waals surface area contributed by atoms with E-state index in [0.717, 1.165) is 99.4 Å². The molecule has 2 heterocycles. The topological polar surface area (TPSA) is 152 Å². The number of hydrazine groups is 1. The van der Waals surface area contributed by atoms with Crippen LogP contribution in [0.5, 0.6) is 5.75 Å². The zero-order chi connectivity index (χ0) is 48.6. The van der Waals surface area contributed by atoms with Gasteiger partial charge < -0.3 is 15.4 Å². The molecule has 0 aliphatic carbocycles. The third-order valence-corrected chi connectivity index (χ3v) is 12.1. The summed E-state index contributed by atoms with van der Waals surface area (Å²) in [5, 5.41) is 27.8. The summed E-state index contributed by atoms with van der Waals surface area (Å²) in [6.45, 7) is 23.2. The highest BCUT2D eigenvalue weighted by Gasteiger charge is 2.26. The van der Waals surface area contributed by atoms with Gasteiger partial charge in [0.05, 0.1) is 22.7 Å². The number of benzene rings is 4. The molecule has 2 unspecified atom stereocenters. The van der Waals surface area contributed by atoms with Gasteiger partial charge in [-0.25, -0.2) is 9.97 Å². The third-order valence-electron chi connectivity index (χ3n) is 11.8. The van der Waals surface area contributed by atoms with Gasteiger partial charge in [0.15, 0.2) is 11.5 Å². The fourth-order valence-electron chi connectivity index (χ4n) is 7.18. The second-order valence-corrected chi connectivity index (χ2v) is 17.5. The molecule has 1 aliphatic rings. The maximum absolute atomic E-state index is 13.2. The van der Waals surface area contributed by atoms with Crippen molar-refractivity contribution in [2.24, 2.45) is 11.8 Å². The molecule has 1 amide bonds. The first-order valence-corrected chi connectivity index (χ1v) is 23.4. The number of piperidine rings is 1. The standard InChI is InChI=1S/C45H51ClN6O3.C7H11NO.C2H6/c1-8-29(3)22-33-14-18-38(26-39(33)42(53)30(4)9-2)48-20-10-11-21-55-43-34(27-47)24-37(25-40(43)46)45(5,6)36-16-12-31(13-17-36)32-15-19-41-35(23-32)28-49-44(50-41)51-52(7)54;1-5-3-4-6(2)8-7(5)9;1-2/h12-19,22-26,28,30,48,54H,8-11,20-21H2,1-7H3,(H,49,50,51);5H,2-4H2,1H3,(H,8,9);1-2H3/b29-22+;;. The SMILES string of the molecule is C=C1CCC(C)C(=O)N1.CC.CC/C(C)=C/c1ccc(NCCCCOc2c(Cl)cc(C(C)(C)c3ccc(-c4ccc5nc(NN(C)O)ncc5c4)cc3)cc2C#N)cc1C(=O)C(C)CC. The summed E-state index contributed by atoms with van der Waals surface area (Å²) in [5.74, 6) is 1.13. The van der Waals surface area contributed by atoms with E-state index in [4.69, 9.17) is 16.3 Å². The number of nitriles is 1. The van der Waals surface area contributed by atoms with Crippen LogP contribution in [-0.4, -0.2) is 52.2 Å². The monoisotopic (exact) mass is 914 g/mol. The van der Waals surface area contributed by atoms with Crippen molar-refractivity contribution in [2.75, 3.05) is 30.9 Å². The van der Waals surface area contributed by atoms with Crippen molar-refractivity contribution >= 4 is 51.9 Å². The number of carbonyl (C=O) groups excluding carboxylic acids is 2. The molecular weight excluding hydrogens is 846 g/mol. The number of Topliss-reactive ketones (excluding diaryl/α,β-unsaturated/α-hetero) is 1. The predicted molar refractivity (Wildman–Crippen MR) is 271 cm³/mol. The predicted octanol–water partition coefficient (Wildman–Crippen LogP) is 13.2. The van der Waals surface area contributed by atoms with Crippen LogP contribution in [0.4, 0.5) is 11.6 Å². The van der Waals surface area contributed by atoms with Crippen molar-refractivity contribution in [3.8, 4) is 22.9 Å². The second kappa shape index (κ2) is 25.0. The Kier molecular flexibility index (Phi) is 19.9. The molecule has 12 heteroatoms. The Morgan fingerprint density at radius 3 is 2.42 bits per heavy atom. The van der Waals surface area contributed by atoms with Gasteiger partial charge in [-0.2, -0.15) is 5.26 Å². The molecule has 0 spiro atoms. The molecule has 66 heavy (non-hydrogen) atoms. The number of hydrogen-bond acceptors (Lipinski definition) is 10. The Hall–Kier alpha value is -6.06. The van der Waals surface area contributed by atoms with Crippen LogP contribution in [0.25, 0.3) is 28.1 Å². The van der Waals surface area contributed by atoms with Crippen molar-refractivity contribution in [1.29, 1.82) is 5.26 Å². The first-order chi connectivity index (χ1) is 31.5. The lowest BCUT2D eigenvalue weighted by Gasteiger charge is -2.27. The van der Waals surface area contributed by atoms with Gasteiger partial charge in [0.25, 0.3) is 0 Å². The number of unbranched alkanes of at least 4 members (excludes halogenated alkanes) is 1. The molecule has 11 nitrogen and oxygen atoms in total. The van der Waals surface area contributed by atoms with Gasteiger partial charge in [-0.15, -0.1) is 5.17 Å². The highest BCUT2D eigenvalue weighted by molar-refractivity contribution is 6.32. The van der Waals surface area contributed by atoms with Crippen LogP contribution in [-0.2, 0) is 10.2 Å². The first kappa shape index (κ1) is 52.6. The minimum atomic E-state index is -0.444. The van der Waals surface area contributed by atoms with Crippen molar-refractivity contribution in [2.45, 2.75) is 106 Å². The number of ether oxygens (including phenoxy) is 1. The van der Waals surface area contributed by atoms with Gasteiger partial charge in [-0.1, -0.05) is 122 Å². The van der Waals surface area contributed by atoms with Gasteiger partial charge in [-0.3, -0.25) is 20.2 Å². The number of carbonyl (C=O) groups is 2. The summed E-state index contributed by atoms with van der Waals surface area (Å²) in [7, 11) is 1.45. The van der Waals surface area contributed by atoms with E-state index >= 15 is 0 Å². The Bertz CT molecular complexity index is 2530. The average Bonchev–Trinajstić information content (AvgIpc) is 3.31. The molecule has 2 atom stereocenters. The number of nitrogens with one attached hydrogen (secondary N) is 3. The van der Waals surface area contributed by atoms with E-state index in [1.807, 2.05) is 83.1 Å². The molecule has 6 rings (SSSR count). The molecule has 0 radical (unpaired) electrons. The molecule has 1 aliphatic heterocycles. The van der Waals surface area contributed by atoms with Crippen LogP contribution in [0.15, 0.2) is 96.8 Å². The fraction of sp³-hybridized carbons (Fsp3) is 0.389. The lowest BCUT2D eigenvalue weighted by molar-refractivity contribution is -0.124. The number of nitrogens with zero attached hydrogens (tertiary/aromatic N) is 4. The van der Waals surface area contributed by atoms with Gasteiger partial charge in [-0.05, 0) is 110 Å². The largest absolute Gasteiger partial charge is 0.491 e. The maximum atomic E-state index is 13.2. The van der Waals surface area contributed by atoms with Crippen LogP contribution in [0.3, 0.4) is 0 Å². The molecule has 1 fully saturated rings. The number of anilines is 2. The second-order valence-electron chi connectivity index (χ2n) is 17.1. The quantitative estimate of drug-likeness (QED) is 0.0403. The molecular formula is C54H68ClN7O4. The van der Waals surface area contributed by atoms with E-state index in [1.165, 1.54) is 12.6 Å². The summed E-state index contributed by atoms with van der Waals surface area (Å²) in [4.78, 5) is 32.7. The zero-order valence-corrected chi connectivity index (χ0v) is 41.2. The molecule has 4 aromatic carbocycles. The molecule has 1 aromatic heterocycles. The summed E-state index contributed by atoms with van der Waals surface area (Å²) in [5.41, 5.74) is 12.2. The van der Waals surface area contributed by atoms with Crippen LogP contribution >= 0.6 is 11.6 Å². The Morgan fingerprint density at radius 2 is 1.79 bits per heavy atom. The number of allylic oxidation sites excluding steroid dienone is 2. The fourth-order valence-corrected chi connectivity index (χ4v) is 7.46. The number of amides is 1. The summed E-state index contributed by atoms with van der Waals surface area (Å²) >= 11 is 6.79. The van der Waals surface area contributed by atoms with Crippen LogP contribution in [0, 0.1) is 23.2 Å². The highest BCUT2D eigenvalue weighted by atomic mass is 35.5. The van der Waals surface area contributed by atoms with Gasteiger partial charge >= 0.3 is 0 Å². The van der Waals surface area contributed by atoms with Gasteiger partial charge in [0, 0.05) is 59.4 Å². The van der Waals surface area contributed by atoms with Crippen LogP contribution in [0.1, 0.15) is 133 Å². The number of hydrogen-bond donors (Lipinski definition) is 4. The van der Waals surface area contributed by atoms with Crippen molar-refractivity contribution in [3.63, 3.8) is 0 Å². The third kappa shape index (κ3) is 14.2. The van der Waals surface area contributed by atoms with E-state index in [9.17, 15) is 20.1 Å². The lowest BCUT2D eigenvalue weighted by Crippen LogP contribution is -2.32. The number of rotatable bonds is 17. The first-order valence-electron chi connectivity index (χ1n) is 23.1. The minimum Gasteiger partial charge on any atom is -0.491 e.